The van der Waals surface area contributed by atoms with Crippen LogP contribution in [0.4, 0.5) is 0 Å². The van der Waals surface area contributed by atoms with E-state index in [0.717, 1.165) is 11.1 Å². The lowest BCUT2D eigenvalue weighted by Gasteiger charge is -2.16. The molecule has 0 saturated heterocycles. The minimum atomic E-state index is -0.180. The van der Waals surface area contributed by atoms with Gasteiger partial charge in [0, 0.05) is 19.2 Å². The predicted octanol–water partition coefficient (Wildman–Crippen LogP) is 2.59. The lowest BCUT2D eigenvalue weighted by molar-refractivity contribution is 0.0779. The average molecular weight is 349 g/mol. The predicted molar refractivity (Wildman–Crippen MR) is 93.3 cm³/mol. The highest BCUT2D eigenvalue weighted by atomic mass is 16.6. The fraction of sp³-hybridized carbons (Fsp3) is 0.111. The summed E-state index contributed by atoms with van der Waals surface area (Å²) in [5, 5.41) is 23.9. The van der Waals surface area contributed by atoms with Gasteiger partial charge >= 0.3 is 0 Å². The molecular formula is C18H15N5O3. The number of nitrogens with zero attached hydrogens (tertiary/aromatic N) is 4. The molecule has 0 bridgehead atoms. The number of aromatic amines is 1. The topological polar surface area (TPSA) is 108 Å². The van der Waals surface area contributed by atoms with Gasteiger partial charge in [0.15, 0.2) is 0 Å². The van der Waals surface area contributed by atoms with Crippen molar-refractivity contribution in [1.29, 1.82) is 0 Å². The van der Waals surface area contributed by atoms with Crippen molar-refractivity contribution in [2.75, 3.05) is 7.05 Å². The van der Waals surface area contributed by atoms with Crippen LogP contribution < -0.4 is 0 Å². The number of fused-ring (bicyclic) bond motifs is 1. The highest BCUT2D eigenvalue weighted by Crippen LogP contribution is 2.21. The van der Waals surface area contributed by atoms with E-state index in [9.17, 15) is 9.90 Å². The lowest BCUT2D eigenvalue weighted by Crippen LogP contribution is -2.26. The number of H-pyrrole nitrogens is 1. The third-order valence-corrected chi connectivity index (χ3v) is 4.06. The van der Waals surface area contributed by atoms with Gasteiger partial charge in [0.2, 0.25) is 0 Å². The number of benzene rings is 2. The van der Waals surface area contributed by atoms with E-state index in [0.29, 0.717) is 29.0 Å². The molecule has 8 nitrogen and oxygen atoms in total. The Morgan fingerprint density at radius 1 is 1.12 bits per heavy atom. The molecule has 0 aliphatic carbocycles. The van der Waals surface area contributed by atoms with E-state index >= 15 is 0 Å². The highest BCUT2D eigenvalue weighted by molar-refractivity contribution is 5.93. The first-order chi connectivity index (χ1) is 12.6. The van der Waals surface area contributed by atoms with Gasteiger partial charge in [0.25, 0.3) is 5.91 Å². The van der Waals surface area contributed by atoms with Crippen LogP contribution >= 0.6 is 0 Å². The summed E-state index contributed by atoms with van der Waals surface area (Å²) in [6.07, 6.45) is 0. The molecule has 0 unspecified atom stereocenters. The Morgan fingerprint density at radius 2 is 1.88 bits per heavy atom. The number of aromatic nitrogens is 4. The quantitative estimate of drug-likeness (QED) is 0.586. The molecule has 0 aliphatic rings. The molecule has 0 radical (unpaired) electrons. The molecule has 2 N–H and O–H groups in total. The number of rotatable bonds is 4. The third kappa shape index (κ3) is 3.00. The minimum absolute atomic E-state index is 0.180. The summed E-state index contributed by atoms with van der Waals surface area (Å²) in [5.41, 5.74) is 4.08. The summed E-state index contributed by atoms with van der Waals surface area (Å²) in [7, 11) is 1.72. The molecule has 0 atom stereocenters. The zero-order valence-electron chi connectivity index (χ0n) is 13.9. The number of hydrogen-bond donors (Lipinski definition) is 2. The summed E-state index contributed by atoms with van der Waals surface area (Å²) >= 11 is 0. The molecule has 130 valence electrons. The standard InChI is InChI=1S/C18H15N5O3/c1-23(10-11-2-7-14-16(8-11)22-26-21-14)18(25)17-9-15(19-20-17)12-3-5-13(24)6-4-12/h2-9,24H,10H2,1H3,(H,19,20). The molecule has 2 heterocycles. The van der Waals surface area contributed by atoms with Crippen molar-refractivity contribution in [1.82, 2.24) is 25.4 Å². The molecule has 2 aromatic heterocycles. The van der Waals surface area contributed by atoms with Crippen LogP contribution in [-0.2, 0) is 6.54 Å². The molecule has 8 heteroatoms. The number of nitrogens with one attached hydrogen (secondary N) is 1. The first-order valence-corrected chi connectivity index (χ1v) is 7.91. The Kier molecular flexibility index (Phi) is 3.85. The van der Waals surface area contributed by atoms with Crippen LogP contribution in [0.2, 0.25) is 0 Å². The second-order valence-electron chi connectivity index (χ2n) is 5.96. The van der Waals surface area contributed by atoms with Crippen LogP contribution in [-0.4, -0.2) is 43.5 Å². The van der Waals surface area contributed by atoms with Gasteiger partial charge in [0.05, 0.1) is 5.69 Å². The van der Waals surface area contributed by atoms with Crippen molar-refractivity contribution in [2.45, 2.75) is 6.54 Å². The first-order valence-electron chi connectivity index (χ1n) is 7.91. The normalized spacial score (nSPS) is 11.0. The van der Waals surface area contributed by atoms with Gasteiger partial charge in [-0.1, -0.05) is 6.07 Å². The fourth-order valence-corrected chi connectivity index (χ4v) is 2.69. The number of amides is 1. The lowest BCUT2D eigenvalue weighted by atomic mass is 10.1. The Morgan fingerprint density at radius 3 is 2.69 bits per heavy atom. The maximum atomic E-state index is 12.6. The van der Waals surface area contributed by atoms with Gasteiger partial charge in [-0.15, -0.1) is 0 Å². The minimum Gasteiger partial charge on any atom is -0.508 e. The highest BCUT2D eigenvalue weighted by Gasteiger charge is 2.16. The second kappa shape index (κ2) is 6.32. The van der Waals surface area contributed by atoms with Crippen molar-refractivity contribution in [2.24, 2.45) is 0 Å². The van der Waals surface area contributed by atoms with Gasteiger partial charge in [-0.2, -0.15) is 5.10 Å². The van der Waals surface area contributed by atoms with Crippen molar-refractivity contribution in [3.63, 3.8) is 0 Å². The van der Waals surface area contributed by atoms with Crippen LogP contribution in [0.1, 0.15) is 16.1 Å². The number of aromatic hydroxyl groups is 1. The number of phenols is 1. The van der Waals surface area contributed by atoms with Crippen molar-refractivity contribution < 1.29 is 14.5 Å². The van der Waals surface area contributed by atoms with E-state index < -0.39 is 0 Å². The number of hydrogen-bond acceptors (Lipinski definition) is 6. The van der Waals surface area contributed by atoms with E-state index in [4.69, 9.17) is 0 Å². The van der Waals surface area contributed by atoms with Gasteiger partial charge < -0.3 is 10.0 Å². The van der Waals surface area contributed by atoms with E-state index in [-0.39, 0.29) is 11.7 Å². The number of carbonyl (C=O) groups excluding carboxylic acids is 1. The van der Waals surface area contributed by atoms with Gasteiger partial charge in [-0.05, 0) is 58.3 Å². The molecule has 0 aliphatic heterocycles. The van der Waals surface area contributed by atoms with E-state index in [1.807, 2.05) is 12.1 Å². The molecule has 2 aromatic carbocycles. The zero-order valence-corrected chi connectivity index (χ0v) is 13.9. The largest absolute Gasteiger partial charge is 0.508 e. The monoisotopic (exact) mass is 349 g/mol. The van der Waals surface area contributed by atoms with Crippen LogP contribution in [0.3, 0.4) is 0 Å². The van der Waals surface area contributed by atoms with Crippen LogP contribution in [0, 0.1) is 0 Å². The maximum absolute atomic E-state index is 12.6. The first kappa shape index (κ1) is 15.8. The molecule has 4 rings (SSSR count). The Balaban J connectivity index is 1.50. The summed E-state index contributed by atoms with van der Waals surface area (Å²) in [6.45, 7) is 0.412. The summed E-state index contributed by atoms with van der Waals surface area (Å²) < 4.78 is 4.68. The molecule has 4 aromatic rings. The Labute approximate surface area is 148 Å². The molecule has 0 saturated carbocycles. The second-order valence-corrected chi connectivity index (χ2v) is 5.96. The molecule has 0 spiro atoms. The smallest absolute Gasteiger partial charge is 0.271 e. The SMILES string of the molecule is CN(Cc1ccc2nonc2c1)C(=O)c1cc(-c2ccc(O)cc2)n[nH]1. The van der Waals surface area contributed by atoms with Crippen molar-refractivity contribution >= 4 is 16.9 Å². The van der Waals surface area contributed by atoms with Crippen LogP contribution in [0.25, 0.3) is 22.3 Å². The van der Waals surface area contributed by atoms with Crippen molar-refractivity contribution in [3.05, 3.63) is 59.8 Å². The Bertz CT molecular complexity index is 1070. The van der Waals surface area contributed by atoms with E-state index in [1.54, 1.807) is 48.3 Å². The van der Waals surface area contributed by atoms with Crippen LogP contribution in [0.15, 0.2) is 53.2 Å². The van der Waals surface area contributed by atoms with Gasteiger partial charge in [-0.25, -0.2) is 4.63 Å². The average Bonchev–Trinajstić information content (AvgIpc) is 3.30. The molecule has 0 fully saturated rings. The fourth-order valence-electron chi connectivity index (χ4n) is 2.69. The molecule has 1 amide bonds. The van der Waals surface area contributed by atoms with E-state index in [1.165, 1.54) is 0 Å². The molecule has 26 heavy (non-hydrogen) atoms. The van der Waals surface area contributed by atoms with Crippen molar-refractivity contribution in [3.8, 4) is 17.0 Å². The molecular weight excluding hydrogens is 334 g/mol. The van der Waals surface area contributed by atoms with Gasteiger partial charge in [0.1, 0.15) is 22.5 Å². The number of phenolic OH excluding ortho intramolecular Hbond substituents is 1. The van der Waals surface area contributed by atoms with Crippen LogP contribution in [0.5, 0.6) is 5.75 Å². The third-order valence-electron chi connectivity index (χ3n) is 4.06. The summed E-state index contributed by atoms with van der Waals surface area (Å²) in [6, 6.07) is 13.8. The summed E-state index contributed by atoms with van der Waals surface area (Å²) in [4.78, 5) is 14.2. The Hall–Kier alpha value is -3.68. The van der Waals surface area contributed by atoms with E-state index in [2.05, 4.69) is 25.1 Å². The zero-order chi connectivity index (χ0) is 18.1. The van der Waals surface area contributed by atoms with Gasteiger partial charge in [-0.3, -0.25) is 9.89 Å². The summed E-state index contributed by atoms with van der Waals surface area (Å²) in [5.74, 6) is 0.000466. The number of carbonyl (C=O) groups is 1. The maximum Gasteiger partial charge on any atom is 0.271 e.